The van der Waals surface area contributed by atoms with Crippen molar-refractivity contribution in [1.82, 2.24) is 14.1 Å². The van der Waals surface area contributed by atoms with Gasteiger partial charge in [0.05, 0.1) is 11.0 Å². The molecule has 1 aliphatic rings. The van der Waals surface area contributed by atoms with Crippen LogP contribution in [0.2, 0.25) is 0 Å². The van der Waals surface area contributed by atoms with Crippen molar-refractivity contribution in [2.75, 3.05) is 26.2 Å². The van der Waals surface area contributed by atoms with Crippen molar-refractivity contribution in [2.45, 2.75) is 57.6 Å². The van der Waals surface area contributed by atoms with Gasteiger partial charge in [-0.15, -0.1) is 0 Å². The molecule has 1 atom stereocenters. The first-order valence-electron chi connectivity index (χ1n) is 9.78. The predicted molar refractivity (Wildman–Crippen MR) is 110 cm³/mol. The Morgan fingerprint density at radius 1 is 1.03 bits per heavy atom. The lowest BCUT2D eigenvalue weighted by molar-refractivity contribution is -0.387. The fourth-order valence-electron chi connectivity index (χ4n) is 3.77. The summed E-state index contributed by atoms with van der Waals surface area (Å²) in [6.45, 7) is 10.9. The van der Waals surface area contributed by atoms with Gasteiger partial charge in [-0.1, -0.05) is 12.1 Å². The number of carbonyl (C=O) groups excluding carboxylic acids is 1. The molecule has 0 unspecified atom stereocenters. The quantitative estimate of drug-likeness (QED) is 0.487. The number of carbonyl (C=O) groups is 1. The largest absolute Gasteiger partial charge is 0.336 e. The van der Waals surface area contributed by atoms with Crippen LogP contribution in [0.4, 0.5) is 5.69 Å². The van der Waals surface area contributed by atoms with E-state index in [-0.39, 0.29) is 42.0 Å². The second kappa shape index (κ2) is 9.19. The Morgan fingerprint density at radius 3 is 2.03 bits per heavy atom. The molecule has 1 aliphatic heterocycles. The Morgan fingerprint density at radius 2 is 1.55 bits per heavy atom. The van der Waals surface area contributed by atoms with E-state index in [0.29, 0.717) is 13.1 Å². The molecular weight excluding hydrogens is 396 g/mol. The summed E-state index contributed by atoms with van der Waals surface area (Å²) in [6.07, 6.45) is 0. The van der Waals surface area contributed by atoms with Gasteiger partial charge >= 0.3 is 0 Å². The van der Waals surface area contributed by atoms with Crippen LogP contribution in [0.5, 0.6) is 0 Å². The molecule has 162 valence electrons. The van der Waals surface area contributed by atoms with E-state index in [1.807, 2.05) is 44.4 Å². The summed E-state index contributed by atoms with van der Waals surface area (Å²) in [5.74, 6) is 0.0185. The molecule has 0 saturated carbocycles. The summed E-state index contributed by atoms with van der Waals surface area (Å²) < 4.78 is 27.1. The van der Waals surface area contributed by atoms with Crippen LogP contribution in [0.25, 0.3) is 0 Å². The van der Waals surface area contributed by atoms with Gasteiger partial charge in [0.2, 0.25) is 15.9 Å². The van der Waals surface area contributed by atoms with Crippen molar-refractivity contribution in [1.29, 1.82) is 0 Å². The maximum atomic E-state index is 12.9. The van der Waals surface area contributed by atoms with E-state index in [2.05, 4.69) is 0 Å². The van der Waals surface area contributed by atoms with Crippen molar-refractivity contribution in [2.24, 2.45) is 0 Å². The molecule has 1 heterocycles. The molecule has 0 radical (unpaired) electrons. The van der Waals surface area contributed by atoms with Crippen LogP contribution in [0.1, 0.15) is 34.6 Å². The van der Waals surface area contributed by atoms with Gasteiger partial charge < -0.3 is 4.90 Å². The first kappa shape index (κ1) is 23.2. The monoisotopic (exact) mass is 426 g/mol. The smallest absolute Gasteiger partial charge is 0.289 e. The zero-order valence-electron chi connectivity index (χ0n) is 17.6. The second-order valence-electron chi connectivity index (χ2n) is 7.77. The molecule has 0 spiro atoms. The first-order valence-corrected chi connectivity index (χ1v) is 11.2. The second-order valence-corrected chi connectivity index (χ2v) is 9.68. The fourth-order valence-corrected chi connectivity index (χ4v) is 5.35. The molecule has 0 aliphatic carbocycles. The highest BCUT2D eigenvalue weighted by Crippen LogP contribution is 2.27. The van der Waals surface area contributed by atoms with E-state index in [1.54, 1.807) is 0 Å². The normalized spacial score (nSPS) is 17.5. The fraction of sp³-hybridized carbons (Fsp3) is 0.632. The van der Waals surface area contributed by atoms with Crippen molar-refractivity contribution < 1.29 is 18.1 Å². The maximum absolute atomic E-state index is 12.9. The number of hydrogen-bond donors (Lipinski definition) is 0. The van der Waals surface area contributed by atoms with E-state index in [1.165, 1.54) is 28.6 Å². The number of nitro benzene ring substituents is 1. The first-order chi connectivity index (χ1) is 13.5. The molecule has 0 bridgehead atoms. The van der Waals surface area contributed by atoms with Crippen molar-refractivity contribution in [3.05, 3.63) is 34.4 Å². The average Bonchev–Trinajstić information content (AvgIpc) is 2.66. The third-order valence-electron chi connectivity index (χ3n) is 5.23. The standard InChI is InChI=1S/C19H30N4O5S/c1-14(2)22(15(3)4)19(24)16(5)20-10-12-21(13-11-20)29(27,28)18-9-7-6-8-17(18)23(25)26/h6-9,14-16H,10-13H2,1-5H3/t16-/m0/s1. The van der Waals surface area contributed by atoms with E-state index in [9.17, 15) is 23.3 Å². The number of hydrogen-bond acceptors (Lipinski definition) is 6. The van der Waals surface area contributed by atoms with Gasteiger partial charge in [-0.25, -0.2) is 8.42 Å². The average molecular weight is 427 g/mol. The van der Waals surface area contributed by atoms with Crippen LogP contribution >= 0.6 is 0 Å². The number of amides is 1. The minimum absolute atomic E-state index is 0.0185. The molecule has 0 N–H and O–H groups in total. The van der Waals surface area contributed by atoms with Crippen LogP contribution in [-0.4, -0.2) is 77.7 Å². The molecule has 1 aromatic carbocycles. The highest BCUT2D eigenvalue weighted by atomic mass is 32.2. The lowest BCUT2D eigenvalue weighted by Gasteiger charge is -2.40. The van der Waals surface area contributed by atoms with Gasteiger partial charge in [0.1, 0.15) is 0 Å². The van der Waals surface area contributed by atoms with E-state index in [0.717, 1.165) is 0 Å². The number of nitro groups is 1. The van der Waals surface area contributed by atoms with Gasteiger partial charge in [-0.2, -0.15) is 4.31 Å². The van der Waals surface area contributed by atoms with Crippen LogP contribution in [0.3, 0.4) is 0 Å². The van der Waals surface area contributed by atoms with Crippen LogP contribution in [-0.2, 0) is 14.8 Å². The number of para-hydroxylation sites is 1. The summed E-state index contributed by atoms with van der Waals surface area (Å²) in [5, 5.41) is 11.2. The number of nitrogens with zero attached hydrogens (tertiary/aromatic N) is 4. The highest BCUT2D eigenvalue weighted by molar-refractivity contribution is 7.89. The van der Waals surface area contributed by atoms with Gasteiger partial charge in [0, 0.05) is 44.3 Å². The van der Waals surface area contributed by atoms with E-state index in [4.69, 9.17) is 0 Å². The number of piperazine rings is 1. The molecule has 29 heavy (non-hydrogen) atoms. The molecular formula is C19H30N4O5S. The predicted octanol–water partition coefficient (Wildman–Crippen LogP) is 1.93. The lowest BCUT2D eigenvalue weighted by atomic mass is 10.1. The summed E-state index contributed by atoms with van der Waals surface area (Å²) >= 11 is 0. The zero-order chi connectivity index (χ0) is 21.9. The summed E-state index contributed by atoms with van der Waals surface area (Å²) in [5.41, 5.74) is -0.428. The van der Waals surface area contributed by atoms with Gasteiger partial charge in [0.25, 0.3) is 5.69 Å². The number of benzene rings is 1. The van der Waals surface area contributed by atoms with Gasteiger partial charge in [-0.3, -0.25) is 19.8 Å². The molecule has 10 heteroatoms. The summed E-state index contributed by atoms with van der Waals surface area (Å²) in [4.78, 5) is 27.0. The SMILES string of the molecule is CC(C)N(C(=O)[C@H](C)N1CCN(S(=O)(=O)c2ccccc2[N+](=O)[O-])CC1)C(C)C. The molecule has 1 aromatic rings. The Balaban J connectivity index is 2.12. The molecule has 9 nitrogen and oxygen atoms in total. The van der Waals surface area contributed by atoms with Crippen molar-refractivity contribution >= 4 is 21.6 Å². The van der Waals surface area contributed by atoms with Crippen LogP contribution < -0.4 is 0 Å². The number of rotatable bonds is 7. The minimum atomic E-state index is -3.98. The molecule has 1 amide bonds. The molecule has 0 aromatic heterocycles. The summed E-state index contributed by atoms with van der Waals surface area (Å²) in [6, 6.07) is 5.15. The highest BCUT2D eigenvalue weighted by Gasteiger charge is 2.36. The van der Waals surface area contributed by atoms with Crippen LogP contribution in [0, 0.1) is 10.1 Å². The van der Waals surface area contributed by atoms with Gasteiger partial charge in [-0.05, 0) is 40.7 Å². The molecule has 2 rings (SSSR count). The van der Waals surface area contributed by atoms with Gasteiger partial charge in [0.15, 0.2) is 4.90 Å². The maximum Gasteiger partial charge on any atom is 0.289 e. The number of sulfonamides is 1. The van der Waals surface area contributed by atoms with Crippen molar-refractivity contribution in [3.63, 3.8) is 0 Å². The zero-order valence-corrected chi connectivity index (χ0v) is 18.4. The Kier molecular flexibility index (Phi) is 7.36. The molecule has 1 fully saturated rings. The van der Waals surface area contributed by atoms with E-state index >= 15 is 0 Å². The summed E-state index contributed by atoms with van der Waals surface area (Å²) in [7, 11) is -3.98. The third-order valence-corrected chi connectivity index (χ3v) is 7.17. The lowest BCUT2D eigenvalue weighted by Crippen LogP contribution is -2.57. The third kappa shape index (κ3) is 4.93. The van der Waals surface area contributed by atoms with E-state index < -0.39 is 20.6 Å². The topological polar surface area (TPSA) is 104 Å². The Hall–Kier alpha value is -2.04. The van der Waals surface area contributed by atoms with Crippen molar-refractivity contribution in [3.8, 4) is 0 Å². The molecule has 1 saturated heterocycles. The Labute approximate surface area is 172 Å². The minimum Gasteiger partial charge on any atom is -0.336 e. The Bertz CT molecular complexity index is 840. The van der Waals surface area contributed by atoms with Crippen LogP contribution in [0.15, 0.2) is 29.2 Å².